The summed E-state index contributed by atoms with van der Waals surface area (Å²) in [6.45, 7) is 4.40. The molecule has 1 heterocycles. The molecule has 0 saturated heterocycles. The van der Waals surface area contributed by atoms with Crippen LogP contribution in [-0.2, 0) is 6.54 Å². The van der Waals surface area contributed by atoms with Crippen LogP contribution in [0.1, 0.15) is 11.1 Å². The van der Waals surface area contributed by atoms with Crippen LogP contribution in [0, 0.1) is 17.6 Å². The van der Waals surface area contributed by atoms with Gasteiger partial charge in [-0.25, -0.2) is 13.8 Å². The monoisotopic (exact) mass is 366 g/mol. The number of rotatable bonds is 6. The summed E-state index contributed by atoms with van der Waals surface area (Å²) in [6, 6.07) is 14.1. The van der Waals surface area contributed by atoms with Gasteiger partial charge in [-0.2, -0.15) is 4.39 Å². The lowest BCUT2D eigenvalue weighted by Gasteiger charge is -2.08. The van der Waals surface area contributed by atoms with Gasteiger partial charge in [-0.1, -0.05) is 30.9 Å². The maximum atomic E-state index is 13.2. The molecular formula is C22H17F3N2. The van der Waals surface area contributed by atoms with E-state index in [-0.39, 0.29) is 0 Å². The quantitative estimate of drug-likeness (QED) is 0.461. The van der Waals surface area contributed by atoms with E-state index in [9.17, 15) is 13.2 Å². The standard InChI is InChI=1S/C22H17F3N2/c1-15(5-6-16-10-20(23)12-21(24)11-16)26-13-17-3-2-4-18(9-17)19-7-8-22(25)27-14-19/h2-12,14,26H,1,13H2/b6-5+. The van der Waals surface area contributed by atoms with Crippen LogP contribution in [0.15, 0.2) is 79.1 Å². The molecule has 0 saturated carbocycles. The second-order valence-electron chi connectivity index (χ2n) is 5.98. The van der Waals surface area contributed by atoms with Gasteiger partial charge in [-0.3, -0.25) is 0 Å². The zero-order chi connectivity index (χ0) is 19.2. The van der Waals surface area contributed by atoms with Gasteiger partial charge in [-0.05, 0) is 53.1 Å². The molecule has 0 aliphatic rings. The van der Waals surface area contributed by atoms with Crippen LogP contribution in [0.2, 0.25) is 0 Å². The van der Waals surface area contributed by atoms with E-state index in [2.05, 4.69) is 16.9 Å². The van der Waals surface area contributed by atoms with Crippen molar-refractivity contribution < 1.29 is 13.2 Å². The highest BCUT2D eigenvalue weighted by Crippen LogP contribution is 2.20. The molecular weight excluding hydrogens is 349 g/mol. The minimum Gasteiger partial charge on any atom is -0.381 e. The van der Waals surface area contributed by atoms with Crippen molar-refractivity contribution in [1.29, 1.82) is 0 Å². The second kappa shape index (κ2) is 8.36. The lowest BCUT2D eigenvalue weighted by molar-refractivity contribution is 0.582. The summed E-state index contributed by atoms with van der Waals surface area (Å²) in [7, 11) is 0. The molecule has 0 atom stereocenters. The topological polar surface area (TPSA) is 24.9 Å². The molecule has 5 heteroatoms. The summed E-state index contributed by atoms with van der Waals surface area (Å²) < 4.78 is 39.3. The molecule has 3 aromatic rings. The van der Waals surface area contributed by atoms with Crippen LogP contribution in [0.25, 0.3) is 17.2 Å². The molecule has 3 rings (SSSR count). The molecule has 1 aromatic heterocycles. The SMILES string of the molecule is C=C(/C=C/c1cc(F)cc(F)c1)NCc1cccc(-c2ccc(F)nc2)c1. The maximum Gasteiger partial charge on any atom is 0.212 e. The van der Waals surface area contributed by atoms with Crippen molar-refractivity contribution >= 4 is 6.08 Å². The van der Waals surface area contributed by atoms with Crippen LogP contribution < -0.4 is 5.32 Å². The van der Waals surface area contributed by atoms with E-state index in [4.69, 9.17) is 0 Å². The number of allylic oxidation sites excluding steroid dienone is 1. The highest BCUT2D eigenvalue weighted by Gasteiger charge is 2.01. The number of aromatic nitrogens is 1. The summed E-state index contributed by atoms with van der Waals surface area (Å²) >= 11 is 0. The van der Waals surface area contributed by atoms with Gasteiger partial charge in [0.25, 0.3) is 0 Å². The molecule has 2 aromatic carbocycles. The van der Waals surface area contributed by atoms with Crippen LogP contribution in [0.3, 0.4) is 0 Å². The summed E-state index contributed by atoms with van der Waals surface area (Å²) in [5.41, 5.74) is 3.78. The fourth-order valence-corrected chi connectivity index (χ4v) is 2.55. The predicted octanol–water partition coefficient (Wildman–Crippen LogP) is 5.48. The molecule has 2 nitrogen and oxygen atoms in total. The molecule has 0 aliphatic heterocycles. The van der Waals surface area contributed by atoms with E-state index in [1.165, 1.54) is 24.4 Å². The van der Waals surface area contributed by atoms with Gasteiger partial charge in [0.15, 0.2) is 0 Å². The van der Waals surface area contributed by atoms with E-state index in [1.807, 2.05) is 24.3 Å². The summed E-state index contributed by atoms with van der Waals surface area (Å²) in [6.07, 6.45) is 4.73. The van der Waals surface area contributed by atoms with Crippen molar-refractivity contribution in [1.82, 2.24) is 10.3 Å². The Labute approximate surface area is 155 Å². The molecule has 1 N–H and O–H groups in total. The van der Waals surface area contributed by atoms with Gasteiger partial charge in [0, 0.05) is 30.1 Å². The average molecular weight is 366 g/mol. The molecule has 27 heavy (non-hydrogen) atoms. The Morgan fingerprint density at radius 2 is 1.74 bits per heavy atom. The third-order valence-electron chi connectivity index (χ3n) is 3.87. The van der Waals surface area contributed by atoms with E-state index in [0.717, 1.165) is 22.8 Å². The van der Waals surface area contributed by atoms with Gasteiger partial charge in [0.2, 0.25) is 5.95 Å². The highest BCUT2D eigenvalue weighted by atomic mass is 19.1. The zero-order valence-electron chi connectivity index (χ0n) is 14.4. The Morgan fingerprint density at radius 1 is 0.963 bits per heavy atom. The Bertz CT molecular complexity index is 959. The Hall–Kier alpha value is -3.34. The first-order valence-electron chi connectivity index (χ1n) is 8.27. The maximum absolute atomic E-state index is 13.2. The van der Waals surface area contributed by atoms with Gasteiger partial charge >= 0.3 is 0 Å². The highest BCUT2D eigenvalue weighted by molar-refractivity contribution is 5.63. The Kier molecular flexibility index (Phi) is 5.71. The number of halogens is 3. The number of nitrogens with zero attached hydrogens (tertiary/aromatic N) is 1. The molecule has 0 radical (unpaired) electrons. The zero-order valence-corrected chi connectivity index (χ0v) is 14.4. The normalized spacial score (nSPS) is 10.9. The van der Waals surface area contributed by atoms with Crippen molar-refractivity contribution in [2.75, 3.05) is 0 Å². The average Bonchev–Trinajstić information content (AvgIpc) is 2.65. The number of hydrogen-bond acceptors (Lipinski definition) is 2. The van der Waals surface area contributed by atoms with Crippen LogP contribution in [0.4, 0.5) is 13.2 Å². The van der Waals surface area contributed by atoms with Crippen molar-refractivity contribution in [2.45, 2.75) is 6.54 Å². The first-order valence-corrected chi connectivity index (χ1v) is 8.27. The fourth-order valence-electron chi connectivity index (χ4n) is 2.55. The summed E-state index contributed by atoms with van der Waals surface area (Å²) in [4.78, 5) is 3.67. The van der Waals surface area contributed by atoms with E-state index < -0.39 is 17.6 Å². The molecule has 0 aliphatic carbocycles. The Morgan fingerprint density at radius 3 is 2.44 bits per heavy atom. The lowest BCUT2D eigenvalue weighted by Crippen LogP contribution is -2.10. The van der Waals surface area contributed by atoms with Crippen molar-refractivity contribution in [2.24, 2.45) is 0 Å². The summed E-state index contributed by atoms with van der Waals surface area (Å²) in [5.74, 6) is -1.77. The molecule has 0 amide bonds. The summed E-state index contributed by atoms with van der Waals surface area (Å²) in [5, 5.41) is 3.14. The van der Waals surface area contributed by atoms with Crippen LogP contribution in [-0.4, -0.2) is 4.98 Å². The largest absolute Gasteiger partial charge is 0.381 e. The third kappa shape index (κ3) is 5.31. The van der Waals surface area contributed by atoms with Crippen LogP contribution in [0.5, 0.6) is 0 Å². The van der Waals surface area contributed by atoms with E-state index in [0.29, 0.717) is 17.8 Å². The van der Waals surface area contributed by atoms with E-state index in [1.54, 1.807) is 18.2 Å². The van der Waals surface area contributed by atoms with Crippen molar-refractivity contribution in [3.05, 3.63) is 108 Å². The fraction of sp³-hybridized carbons (Fsp3) is 0.0455. The van der Waals surface area contributed by atoms with E-state index >= 15 is 0 Å². The second-order valence-corrected chi connectivity index (χ2v) is 5.98. The van der Waals surface area contributed by atoms with Gasteiger partial charge in [0.1, 0.15) is 11.6 Å². The molecule has 0 fully saturated rings. The van der Waals surface area contributed by atoms with Gasteiger partial charge < -0.3 is 5.32 Å². The first kappa shape index (κ1) is 18.5. The lowest BCUT2D eigenvalue weighted by atomic mass is 10.0. The number of nitrogens with one attached hydrogen (secondary N) is 1. The number of hydrogen-bond donors (Lipinski definition) is 1. The molecule has 136 valence electrons. The van der Waals surface area contributed by atoms with Gasteiger partial charge in [-0.15, -0.1) is 0 Å². The molecule has 0 unspecified atom stereocenters. The minimum absolute atomic E-state index is 0.418. The third-order valence-corrected chi connectivity index (χ3v) is 3.87. The number of pyridine rings is 1. The molecule has 0 bridgehead atoms. The minimum atomic E-state index is -0.625. The predicted molar refractivity (Wildman–Crippen MR) is 101 cm³/mol. The Balaban J connectivity index is 1.62. The van der Waals surface area contributed by atoms with Crippen molar-refractivity contribution in [3.8, 4) is 11.1 Å². The number of benzene rings is 2. The smallest absolute Gasteiger partial charge is 0.212 e. The van der Waals surface area contributed by atoms with Crippen molar-refractivity contribution in [3.63, 3.8) is 0 Å². The van der Waals surface area contributed by atoms with Gasteiger partial charge in [0.05, 0.1) is 0 Å². The molecule has 0 spiro atoms. The van der Waals surface area contributed by atoms with Crippen LogP contribution >= 0.6 is 0 Å². The first-order chi connectivity index (χ1) is 13.0.